The van der Waals surface area contributed by atoms with Crippen molar-refractivity contribution >= 4 is 11.8 Å². The fourth-order valence-corrected chi connectivity index (χ4v) is 3.29. The zero-order chi connectivity index (χ0) is 19.9. The van der Waals surface area contributed by atoms with Crippen LogP contribution in [0.1, 0.15) is 47.0 Å². The number of hydrogen-bond acceptors (Lipinski definition) is 5. The highest BCUT2D eigenvalue weighted by Crippen LogP contribution is 2.21. The number of benzene rings is 1. The van der Waals surface area contributed by atoms with E-state index in [1.165, 1.54) is 0 Å². The number of amides is 1. The van der Waals surface area contributed by atoms with E-state index in [2.05, 4.69) is 34.6 Å². The largest absolute Gasteiger partial charge is 0.497 e. The molecule has 0 spiro atoms. The van der Waals surface area contributed by atoms with Crippen LogP contribution in [-0.2, 0) is 4.74 Å². The number of carbonyl (C=O) groups is 1. The Balaban J connectivity index is 1.66. The second-order valence-corrected chi connectivity index (χ2v) is 8.25. The molecule has 0 aromatic heterocycles. The molecule has 0 aliphatic carbocycles. The molecule has 1 aromatic carbocycles. The predicted molar refractivity (Wildman–Crippen MR) is 110 cm³/mol. The van der Waals surface area contributed by atoms with Gasteiger partial charge in [-0.2, -0.15) is 0 Å². The number of nitrogens with zero attached hydrogens (tertiary/aromatic N) is 1. The van der Waals surface area contributed by atoms with Gasteiger partial charge in [0.25, 0.3) is 0 Å². The molecule has 0 radical (unpaired) electrons. The van der Waals surface area contributed by atoms with Crippen molar-refractivity contribution in [2.75, 3.05) is 32.1 Å². The Morgan fingerprint density at radius 3 is 2.41 bits per heavy atom. The van der Waals surface area contributed by atoms with E-state index >= 15 is 0 Å². The van der Waals surface area contributed by atoms with Gasteiger partial charge in [-0.05, 0) is 71.2 Å². The molecule has 1 atom stereocenters. The molecule has 1 fully saturated rings. The number of likely N-dealkylation sites (tertiary alicyclic amines) is 1. The van der Waals surface area contributed by atoms with Crippen molar-refractivity contribution in [2.24, 2.45) is 0 Å². The molecule has 6 nitrogen and oxygen atoms in total. The molecule has 152 valence electrons. The molecule has 0 bridgehead atoms. The first-order valence-corrected chi connectivity index (χ1v) is 9.88. The monoisotopic (exact) mass is 377 g/mol. The van der Waals surface area contributed by atoms with Crippen LogP contribution in [-0.4, -0.2) is 55.4 Å². The highest BCUT2D eigenvalue weighted by Gasteiger charge is 2.23. The van der Waals surface area contributed by atoms with E-state index in [-0.39, 0.29) is 6.09 Å². The Hall–Kier alpha value is -1.95. The van der Waals surface area contributed by atoms with Crippen molar-refractivity contribution in [3.63, 3.8) is 0 Å². The highest BCUT2D eigenvalue weighted by atomic mass is 16.6. The van der Waals surface area contributed by atoms with Crippen LogP contribution in [0.5, 0.6) is 5.75 Å². The molecule has 1 amide bonds. The normalized spacial score (nSPS) is 17.2. The van der Waals surface area contributed by atoms with E-state index in [4.69, 9.17) is 9.47 Å². The van der Waals surface area contributed by atoms with E-state index in [0.717, 1.165) is 43.8 Å². The zero-order valence-corrected chi connectivity index (χ0v) is 17.4. The smallest absolute Gasteiger partial charge is 0.407 e. The molecule has 2 N–H and O–H groups in total. The van der Waals surface area contributed by atoms with Crippen LogP contribution >= 0.6 is 0 Å². The van der Waals surface area contributed by atoms with Crippen molar-refractivity contribution in [3.05, 3.63) is 24.3 Å². The Morgan fingerprint density at radius 1 is 1.22 bits per heavy atom. The minimum absolute atomic E-state index is 0.336. The maximum atomic E-state index is 11.7. The van der Waals surface area contributed by atoms with E-state index in [1.54, 1.807) is 7.11 Å². The number of carbonyl (C=O) groups excluding carboxylic acids is 1. The summed E-state index contributed by atoms with van der Waals surface area (Å²) in [6.07, 6.45) is 2.83. The van der Waals surface area contributed by atoms with Crippen molar-refractivity contribution < 1.29 is 14.3 Å². The number of alkyl carbamates (subject to hydrolysis) is 1. The summed E-state index contributed by atoms with van der Waals surface area (Å²) in [6.45, 7) is 10.6. The van der Waals surface area contributed by atoms with E-state index in [1.807, 2.05) is 32.9 Å². The maximum Gasteiger partial charge on any atom is 0.407 e. The summed E-state index contributed by atoms with van der Waals surface area (Å²) >= 11 is 0. The van der Waals surface area contributed by atoms with Crippen LogP contribution < -0.4 is 15.4 Å². The molecule has 27 heavy (non-hydrogen) atoms. The summed E-state index contributed by atoms with van der Waals surface area (Å²) in [6, 6.07) is 9.05. The third kappa shape index (κ3) is 7.67. The second-order valence-electron chi connectivity index (χ2n) is 8.25. The molecule has 1 aliphatic heterocycles. The molecular weight excluding hydrogens is 342 g/mol. The van der Waals surface area contributed by atoms with Crippen molar-refractivity contribution in [3.8, 4) is 5.75 Å². The Kier molecular flexibility index (Phi) is 7.78. The van der Waals surface area contributed by atoms with E-state index in [9.17, 15) is 4.79 Å². The lowest BCUT2D eigenvalue weighted by Crippen LogP contribution is -2.44. The molecule has 1 saturated heterocycles. The minimum Gasteiger partial charge on any atom is -0.497 e. The Morgan fingerprint density at radius 2 is 1.85 bits per heavy atom. The van der Waals surface area contributed by atoms with Gasteiger partial charge in [0.15, 0.2) is 0 Å². The van der Waals surface area contributed by atoms with Crippen LogP contribution in [0.3, 0.4) is 0 Å². The van der Waals surface area contributed by atoms with Crippen LogP contribution in [0.2, 0.25) is 0 Å². The topological polar surface area (TPSA) is 62.8 Å². The maximum absolute atomic E-state index is 11.7. The number of rotatable bonds is 7. The molecule has 2 rings (SSSR count). The summed E-state index contributed by atoms with van der Waals surface area (Å²) in [4.78, 5) is 14.2. The highest BCUT2D eigenvalue weighted by molar-refractivity contribution is 5.67. The third-order valence-electron chi connectivity index (χ3n) is 4.84. The molecule has 0 saturated carbocycles. The SMILES string of the molecule is COc1ccc(NC2CCN(C(C)CCNC(=O)OC(C)(C)C)CC2)cc1. The lowest BCUT2D eigenvalue weighted by Gasteiger charge is -2.36. The second kappa shape index (κ2) is 9.83. The number of ether oxygens (including phenoxy) is 2. The summed E-state index contributed by atoms with van der Waals surface area (Å²) in [5.41, 5.74) is 0.693. The van der Waals surface area contributed by atoms with Crippen molar-refractivity contribution in [2.45, 2.75) is 64.6 Å². The first kappa shape index (κ1) is 21.4. The Bertz CT molecular complexity index is 575. The van der Waals surface area contributed by atoms with Gasteiger partial charge in [-0.25, -0.2) is 4.79 Å². The molecule has 6 heteroatoms. The van der Waals surface area contributed by atoms with Gasteiger partial charge < -0.3 is 25.0 Å². The number of hydrogen-bond donors (Lipinski definition) is 2. The Labute approximate surface area is 163 Å². The lowest BCUT2D eigenvalue weighted by molar-refractivity contribution is 0.0521. The molecular formula is C21H35N3O3. The number of nitrogens with one attached hydrogen (secondary N) is 2. The van der Waals surface area contributed by atoms with E-state index < -0.39 is 5.60 Å². The lowest BCUT2D eigenvalue weighted by atomic mass is 10.0. The summed E-state index contributed by atoms with van der Waals surface area (Å²) < 4.78 is 10.5. The summed E-state index contributed by atoms with van der Waals surface area (Å²) in [5.74, 6) is 0.879. The van der Waals surface area contributed by atoms with Gasteiger partial charge in [-0.3, -0.25) is 0 Å². The fraction of sp³-hybridized carbons (Fsp3) is 0.667. The third-order valence-corrected chi connectivity index (χ3v) is 4.84. The van der Waals surface area contributed by atoms with Gasteiger partial charge in [0.05, 0.1) is 7.11 Å². The van der Waals surface area contributed by atoms with Gasteiger partial charge in [0.1, 0.15) is 11.4 Å². The summed E-state index contributed by atoms with van der Waals surface area (Å²) in [5, 5.41) is 6.47. The number of methoxy groups -OCH3 is 1. The van der Waals surface area contributed by atoms with Gasteiger partial charge >= 0.3 is 6.09 Å². The molecule has 1 heterocycles. The van der Waals surface area contributed by atoms with Gasteiger partial charge in [-0.15, -0.1) is 0 Å². The average molecular weight is 378 g/mol. The van der Waals surface area contributed by atoms with Crippen molar-refractivity contribution in [1.29, 1.82) is 0 Å². The van der Waals surface area contributed by atoms with Gasteiger partial charge in [-0.1, -0.05) is 0 Å². The van der Waals surface area contributed by atoms with Crippen LogP contribution in [0.25, 0.3) is 0 Å². The molecule has 1 unspecified atom stereocenters. The first-order chi connectivity index (χ1) is 12.8. The van der Waals surface area contributed by atoms with E-state index in [0.29, 0.717) is 18.6 Å². The number of anilines is 1. The van der Waals surface area contributed by atoms with Gasteiger partial charge in [0.2, 0.25) is 0 Å². The molecule has 1 aliphatic rings. The summed E-state index contributed by atoms with van der Waals surface area (Å²) in [7, 11) is 1.68. The average Bonchev–Trinajstić information content (AvgIpc) is 2.61. The van der Waals surface area contributed by atoms with Crippen molar-refractivity contribution in [1.82, 2.24) is 10.2 Å². The predicted octanol–water partition coefficient (Wildman–Crippen LogP) is 3.87. The zero-order valence-electron chi connectivity index (χ0n) is 17.4. The van der Waals surface area contributed by atoms with Gasteiger partial charge in [0, 0.05) is 37.4 Å². The number of piperidine rings is 1. The van der Waals surface area contributed by atoms with Crippen LogP contribution in [0.15, 0.2) is 24.3 Å². The minimum atomic E-state index is -0.450. The molecule has 1 aromatic rings. The standard InChI is InChI=1S/C21H35N3O3/c1-16(10-13-22-20(25)27-21(2,3)4)24-14-11-18(12-15-24)23-17-6-8-19(26-5)9-7-17/h6-9,16,18,23H,10-15H2,1-5H3,(H,22,25). The quantitative estimate of drug-likeness (QED) is 0.755. The van der Waals surface area contributed by atoms with Crippen LogP contribution in [0, 0.1) is 0 Å². The van der Waals surface area contributed by atoms with Crippen LogP contribution in [0.4, 0.5) is 10.5 Å². The first-order valence-electron chi connectivity index (χ1n) is 9.88. The fourth-order valence-electron chi connectivity index (χ4n) is 3.29.